The minimum Gasteiger partial charge on any atom is -0.508 e. The number of hydrogen-bond acceptors (Lipinski definition) is 5. The smallest absolute Gasteiger partial charge is 0.508 e. The lowest BCUT2D eigenvalue weighted by molar-refractivity contribution is 0.338. The molecular formula is C49H48N5O5P. The summed E-state index contributed by atoms with van der Waals surface area (Å²) in [5.74, 6) is 0.790. The maximum atomic E-state index is 14.0. The fourth-order valence-corrected chi connectivity index (χ4v) is 10.0. The Kier molecular flexibility index (Phi) is 8.90. The third-order valence-electron chi connectivity index (χ3n) is 13.1. The fraction of sp³-hybridized carbons (Fsp3) is 0.184. The van der Waals surface area contributed by atoms with Crippen molar-refractivity contribution in [3.05, 3.63) is 220 Å². The van der Waals surface area contributed by atoms with Crippen LogP contribution in [-0.4, -0.2) is 30.1 Å². The quantitative estimate of drug-likeness (QED) is 0.0877. The molecule has 0 fully saturated rings. The van der Waals surface area contributed by atoms with Crippen LogP contribution in [0.15, 0.2) is 157 Å². The molecule has 3 aromatic carbocycles. The molecule has 4 aromatic heterocycles. The lowest BCUT2D eigenvalue weighted by Crippen LogP contribution is -2.32. The Labute approximate surface area is 349 Å². The molecule has 12 bridgehead atoms. The van der Waals surface area contributed by atoms with E-state index in [1.165, 1.54) is 0 Å². The van der Waals surface area contributed by atoms with Crippen molar-refractivity contribution in [2.75, 3.05) is 0 Å². The minimum atomic E-state index is -4.23. The molecule has 8 N–H and O–H groups in total. The van der Waals surface area contributed by atoms with Crippen LogP contribution in [0.3, 0.4) is 0 Å². The molecular weight excluding hydrogens is 770 g/mol. The topological polar surface area (TPSA) is 165 Å². The van der Waals surface area contributed by atoms with E-state index in [9.17, 15) is 14.8 Å². The Morgan fingerprint density at radius 2 is 0.933 bits per heavy atom. The maximum Gasteiger partial charge on any atom is 0.510 e. The number of benzene rings is 3. The molecule has 2 aliphatic rings. The highest BCUT2D eigenvalue weighted by molar-refractivity contribution is 7.51. The number of allylic oxidation sites excluding steroid dienone is 4. The van der Waals surface area contributed by atoms with Crippen molar-refractivity contribution < 1.29 is 23.8 Å². The number of nitrogens with two attached hydrogens (primary N) is 1. The zero-order chi connectivity index (χ0) is 42.2. The lowest BCUT2D eigenvalue weighted by atomic mass is 9.76. The molecule has 7 aromatic rings. The Balaban J connectivity index is 1.41. The van der Waals surface area contributed by atoms with Crippen molar-refractivity contribution in [3.8, 4) is 17.2 Å². The SMILES string of the molecule is C=C1/C=C(\C=C/C)OP(N)(=O)Oc2cccc(c2)[C@]2(C)c3ccc([nH]3)[C@@]1(C)c1ccc([nH]1)[C@](C)(c1cccc(O)c1)c1ccc([nH]1)[C@](C)(c1cccc(O)c1)c1ccc2[nH]1. The van der Waals surface area contributed by atoms with E-state index in [0.29, 0.717) is 5.57 Å². The van der Waals surface area contributed by atoms with E-state index in [1.807, 2.05) is 49.4 Å². The fourth-order valence-electron chi connectivity index (χ4n) is 9.17. The number of aromatic nitrogens is 4. The zero-order valence-electron chi connectivity index (χ0n) is 34.1. The first kappa shape index (κ1) is 38.9. The summed E-state index contributed by atoms with van der Waals surface area (Å²) >= 11 is 0. The van der Waals surface area contributed by atoms with Crippen LogP contribution in [0.2, 0.25) is 0 Å². The van der Waals surface area contributed by atoms with Crippen molar-refractivity contribution in [1.29, 1.82) is 0 Å². The van der Waals surface area contributed by atoms with Crippen LogP contribution in [0.25, 0.3) is 0 Å². The van der Waals surface area contributed by atoms with Gasteiger partial charge in [0, 0.05) is 45.6 Å². The van der Waals surface area contributed by atoms with E-state index in [4.69, 9.17) is 14.6 Å². The molecule has 2 aliphatic heterocycles. The van der Waals surface area contributed by atoms with Gasteiger partial charge in [0.25, 0.3) is 0 Å². The van der Waals surface area contributed by atoms with Gasteiger partial charge < -0.3 is 39.2 Å². The van der Waals surface area contributed by atoms with Gasteiger partial charge >= 0.3 is 7.75 Å². The van der Waals surface area contributed by atoms with E-state index >= 15 is 0 Å². The number of rotatable bonds is 3. The Hall–Kier alpha value is -6.61. The van der Waals surface area contributed by atoms with Crippen LogP contribution in [0, 0.1) is 0 Å². The van der Waals surface area contributed by atoms with Crippen molar-refractivity contribution in [2.45, 2.75) is 56.3 Å². The molecule has 11 heteroatoms. The highest BCUT2D eigenvalue weighted by Gasteiger charge is 2.44. The van der Waals surface area contributed by atoms with Gasteiger partial charge in [0.15, 0.2) is 0 Å². The van der Waals surface area contributed by atoms with Crippen LogP contribution >= 0.6 is 7.75 Å². The van der Waals surface area contributed by atoms with Gasteiger partial charge in [0.05, 0.1) is 21.7 Å². The summed E-state index contributed by atoms with van der Waals surface area (Å²) in [7, 11) is -4.23. The van der Waals surface area contributed by atoms with Gasteiger partial charge in [-0.25, -0.2) is 10.1 Å². The van der Waals surface area contributed by atoms with Gasteiger partial charge in [0.1, 0.15) is 23.0 Å². The highest BCUT2D eigenvalue weighted by Crippen LogP contribution is 2.50. The maximum absolute atomic E-state index is 14.0. The van der Waals surface area contributed by atoms with E-state index in [-0.39, 0.29) is 23.0 Å². The second-order valence-electron chi connectivity index (χ2n) is 16.6. The molecule has 1 unspecified atom stereocenters. The van der Waals surface area contributed by atoms with Gasteiger partial charge in [-0.05, 0) is 154 Å². The first-order chi connectivity index (χ1) is 28.6. The average molecular weight is 818 g/mol. The van der Waals surface area contributed by atoms with Crippen molar-refractivity contribution in [2.24, 2.45) is 5.50 Å². The summed E-state index contributed by atoms with van der Waals surface area (Å²) in [6.07, 6.45) is 5.20. The standard InChI is InChI=1S/C49H48N5O5P/c1-7-11-36-26-30(2)46(3)38-18-20-40(51-38)47(4,31-12-8-15-34(55)27-31)41-22-23-42(53-41)48(5,32-13-9-16-35(56)28-32)43-24-25-45(54-43)49(6,44-21-19-39(46)52-44)33-14-10-17-37(29-33)59-60(50,57)58-36/h7-29,51-56H,2H2,1,3-6H3,(H2,50,57)/b11-7-,36-26+/t46-,47+,48+,49-,60?/m1/s1. The van der Waals surface area contributed by atoms with Crippen molar-refractivity contribution in [3.63, 3.8) is 0 Å². The molecule has 0 saturated carbocycles. The highest BCUT2D eigenvalue weighted by atomic mass is 31.2. The van der Waals surface area contributed by atoms with E-state index in [1.54, 1.807) is 48.6 Å². The summed E-state index contributed by atoms with van der Waals surface area (Å²) < 4.78 is 26.0. The average Bonchev–Trinajstić information content (AvgIpc) is 4.07. The van der Waals surface area contributed by atoms with Gasteiger partial charge in [-0.1, -0.05) is 49.1 Å². The van der Waals surface area contributed by atoms with Crippen LogP contribution in [0.4, 0.5) is 0 Å². The molecule has 304 valence electrons. The minimum absolute atomic E-state index is 0.143. The third kappa shape index (κ3) is 5.93. The number of aromatic amines is 4. The summed E-state index contributed by atoms with van der Waals surface area (Å²) in [6, 6.07) is 38.7. The Morgan fingerprint density at radius 3 is 1.32 bits per heavy atom. The van der Waals surface area contributed by atoms with Gasteiger partial charge in [-0.2, -0.15) is 0 Å². The van der Waals surface area contributed by atoms with Crippen LogP contribution in [-0.2, 0) is 30.7 Å². The second kappa shape index (κ2) is 13.7. The predicted octanol–water partition coefficient (Wildman–Crippen LogP) is 10.6. The number of H-pyrrole nitrogens is 4. The molecule has 0 aliphatic carbocycles. The molecule has 60 heavy (non-hydrogen) atoms. The van der Waals surface area contributed by atoms with Crippen LogP contribution in [0.1, 0.15) is 96.9 Å². The van der Waals surface area contributed by atoms with Gasteiger partial charge in [0.2, 0.25) is 0 Å². The van der Waals surface area contributed by atoms with E-state index in [0.717, 1.165) is 62.2 Å². The number of hydrogen-bond donors (Lipinski definition) is 7. The Morgan fingerprint density at radius 1 is 0.567 bits per heavy atom. The molecule has 5 atom stereocenters. The molecule has 0 amide bonds. The Bertz CT molecular complexity index is 2930. The first-order valence-electron chi connectivity index (χ1n) is 19.9. The molecule has 0 spiro atoms. The molecule has 0 saturated heterocycles. The largest absolute Gasteiger partial charge is 0.510 e. The van der Waals surface area contributed by atoms with E-state index in [2.05, 4.69) is 103 Å². The van der Waals surface area contributed by atoms with Gasteiger partial charge in [-0.3, -0.25) is 0 Å². The zero-order valence-corrected chi connectivity index (χ0v) is 35.0. The van der Waals surface area contributed by atoms with Crippen molar-refractivity contribution in [1.82, 2.24) is 19.9 Å². The monoisotopic (exact) mass is 817 g/mol. The summed E-state index contributed by atoms with van der Waals surface area (Å²) in [5.41, 5.74) is 12.8. The number of nitrogens with one attached hydrogen (secondary N) is 4. The van der Waals surface area contributed by atoms with Crippen molar-refractivity contribution >= 4 is 7.75 Å². The lowest BCUT2D eigenvalue weighted by Gasteiger charge is -2.34. The molecule has 6 heterocycles. The third-order valence-corrected chi connectivity index (χ3v) is 14.0. The first-order valence-corrected chi connectivity index (χ1v) is 21.5. The predicted molar refractivity (Wildman–Crippen MR) is 234 cm³/mol. The summed E-state index contributed by atoms with van der Waals surface area (Å²) in [6.45, 7) is 14.9. The van der Waals surface area contributed by atoms with Crippen LogP contribution < -0.4 is 10.0 Å². The molecule has 10 nitrogen and oxygen atoms in total. The summed E-state index contributed by atoms with van der Waals surface area (Å²) in [5, 5.41) is 21.8. The molecule has 0 radical (unpaired) electrons. The number of aromatic hydroxyl groups is 2. The van der Waals surface area contributed by atoms with E-state index < -0.39 is 29.4 Å². The number of fused-ring (bicyclic) bond motifs is 11. The van der Waals surface area contributed by atoms with Crippen LogP contribution in [0.5, 0.6) is 17.2 Å². The van der Waals surface area contributed by atoms with Gasteiger partial charge in [-0.15, -0.1) is 0 Å². The summed E-state index contributed by atoms with van der Waals surface area (Å²) in [4.78, 5) is 15.4. The number of phenolic OH excluding ortho intramolecular Hbond substituents is 2. The normalized spacial score (nSPS) is 27.2. The second-order valence-corrected chi connectivity index (χ2v) is 18.0. The molecule has 9 rings (SSSR count). The number of phenols is 2.